The Kier molecular flexibility index (Phi) is 5.75. The first kappa shape index (κ1) is 20.1. The first-order valence-electron chi connectivity index (χ1n) is 9.65. The lowest BCUT2D eigenvalue weighted by Gasteiger charge is -2.53. The van der Waals surface area contributed by atoms with Gasteiger partial charge in [-0.15, -0.1) is 0 Å². The molecule has 148 valence electrons. The van der Waals surface area contributed by atoms with Gasteiger partial charge in [-0.3, -0.25) is 5.01 Å². The number of benzene rings is 1. The number of methoxy groups -OCH3 is 1. The highest BCUT2D eigenvalue weighted by Crippen LogP contribution is 2.55. The second-order valence-electron chi connectivity index (χ2n) is 8.12. The lowest BCUT2D eigenvalue weighted by molar-refractivity contribution is -0.129. The average Bonchev–Trinajstić information content (AvgIpc) is 2.63. The number of rotatable bonds is 6. The van der Waals surface area contributed by atoms with Crippen molar-refractivity contribution in [2.24, 2.45) is 11.3 Å². The molecule has 1 unspecified atom stereocenters. The fourth-order valence-corrected chi connectivity index (χ4v) is 4.55. The Morgan fingerprint density at radius 3 is 2.56 bits per heavy atom. The van der Waals surface area contributed by atoms with E-state index in [4.69, 9.17) is 15.3 Å². The van der Waals surface area contributed by atoms with Gasteiger partial charge in [0.15, 0.2) is 0 Å². The van der Waals surface area contributed by atoms with E-state index in [0.717, 1.165) is 37.1 Å². The van der Waals surface area contributed by atoms with E-state index in [1.165, 1.54) is 23.3 Å². The first-order valence-corrected chi connectivity index (χ1v) is 9.65. The molecule has 0 saturated heterocycles. The van der Waals surface area contributed by atoms with Crippen LogP contribution in [0, 0.1) is 11.2 Å². The molecule has 0 aromatic heterocycles. The molecule has 1 saturated carbocycles. The molecule has 0 aliphatic heterocycles. The fourth-order valence-electron chi connectivity index (χ4n) is 4.55. The molecule has 1 aromatic rings. The van der Waals surface area contributed by atoms with Crippen LogP contribution in [-0.2, 0) is 9.47 Å². The minimum absolute atomic E-state index is 0.0593. The van der Waals surface area contributed by atoms with Gasteiger partial charge < -0.3 is 9.47 Å². The molecule has 0 radical (unpaired) electrons. The van der Waals surface area contributed by atoms with Crippen molar-refractivity contribution in [1.29, 1.82) is 0 Å². The Bertz CT molecular complexity index is 743. The first-order chi connectivity index (χ1) is 12.8. The van der Waals surface area contributed by atoms with Crippen LogP contribution in [0.15, 0.2) is 47.2 Å². The number of hydrogen-bond donors (Lipinski definition) is 1. The van der Waals surface area contributed by atoms with Gasteiger partial charge in [0.1, 0.15) is 5.82 Å². The highest BCUT2D eigenvalue weighted by atomic mass is 19.1. The van der Waals surface area contributed by atoms with Crippen molar-refractivity contribution < 1.29 is 13.9 Å². The third-order valence-corrected chi connectivity index (χ3v) is 6.42. The molecule has 2 N–H and O–H groups in total. The second kappa shape index (κ2) is 7.74. The summed E-state index contributed by atoms with van der Waals surface area (Å²) in [4.78, 5) is 0. The Balaban J connectivity index is 1.89. The quantitative estimate of drug-likeness (QED) is 0.445. The summed E-state index contributed by atoms with van der Waals surface area (Å²) in [6, 6.07) is 6.29. The Labute approximate surface area is 161 Å². The van der Waals surface area contributed by atoms with E-state index < -0.39 is 0 Å². The van der Waals surface area contributed by atoms with E-state index in [9.17, 15) is 4.39 Å². The Morgan fingerprint density at radius 1 is 1.19 bits per heavy atom. The van der Waals surface area contributed by atoms with Gasteiger partial charge in [0.2, 0.25) is 0 Å². The summed E-state index contributed by atoms with van der Waals surface area (Å²) < 4.78 is 24.8. The predicted octanol–water partition coefficient (Wildman–Crippen LogP) is 4.72. The Morgan fingerprint density at radius 2 is 1.89 bits per heavy atom. The topological polar surface area (TPSA) is 47.7 Å². The molecular weight excluding hydrogens is 343 g/mol. The number of halogens is 1. The smallest absolute Gasteiger partial charge is 0.123 e. The maximum absolute atomic E-state index is 13.2. The molecule has 0 bridgehead atoms. The summed E-state index contributed by atoms with van der Waals surface area (Å²) in [5, 5.41) is 1.67. The summed E-state index contributed by atoms with van der Waals surface area (Å²) in [6.07, 6.45) is 6.30. The molecule has 27 heavy (non-hydrogen) atoms. The molecular formula is C22H31FN2O2. The maximum atomic E-state index is 13.2. The molecule has 0 heterocycles. The van der Waals surface area contributed by atoms with Crippen molar-refractivity contribution in [3.63, 3.8) is 0 Å². The van der Waals surface area contributed by atoms with Crippen LogP contribution in [0.25, 0.3) is 0 Å². The van der Waals surface area contributed by atoms with Crippen LogP contribution in [0.5, 0.6) is 0 Å². The van der Waals surface area contributed by atoms with E-state index >= 15 is 0 Å². The molecule has 3 rings (SSSR count). The minimum Gasteiger partial charge on any atom is -0.382 e. The largest absolute Gasteiger partial charge is 0.382 e. The standard InChI is InChI=1S/C22H31FN2O2/c1-16-15-21(2)17(6-5-11-22(21,3)27-13-12-26-4)14-20(16)25(24)19-9-7-18(23)8-10-19/h7-10,14H,5-6,11-13,15,24H2,1-4H3/t21-,22?/m0/s1. The van der Waals surface area contributed by atoms with Crippen molar-refractivity contribution in [2.45, 2.75) is 52.1 Å². The zero-order valence-electron chi connectivity index (χ0n) is 16.8. The zero-order valence-corrected chi connectivity index (χ0v) is 16.8. The molecule has 4 nitrogen and oxygen atoms in total. The molecule has 1 aromatic carbocycles. The van der Waals surface area contributed by atoms with Gasteiger partial charge in [-0.25, -0.2) is 10.2 Å². The number of fused-ring (bicyclic) bond motifs is 1. The molecule has 0 amide bonds. The van der Waals surface area contributed by atoms with Gasteiger partial charge in [0.25, 0.3) is 0 Å². The fraction of sp³-hybridized carbons (Fsp3) is 0.545. The highest BCUT2D eigenvalue weighted by molar-refractivity contribution is 5.56. The summed E-state index contributed by atoms with van der Waals surface area (Å²) in [7, 11) is 1.70. The maximum Gasteiger partial charge on any atom is 0.123 e. The van der Waals surface area contributed by atoms with Crippen LogP contribution in [0.1, 0.15) is 46.5 Å². The van der Waals surface area contributed by atoms with Crippen molar-refractivity contribution in [3.05, 3.63) is 53.0 Å². The zero-order chi connectivity index (χ0) is 19.7. The lowest BCUT2D eigenvalue weighted by Crippen LogP contribution is -2.52. The molecule has 0 spiro atoms. The van der Waals surface area contributed by atoms with E-state index in [-0.39, 0.29) is 16.8 Å². The molecule has 2 atom stereocenters. The number of allylic oxidation sites excluding steroid dienone is 2. The van der Waals surface area contributed by atoms with Crippen molar-refractivity contribution in [1.82, 2.24) is 0 Å². The molecule has 2 aliphatic rings. The predicted molar refractivity (Wildman–Crippen MR) is 107 cm³/mol. The van der Waals surface area contributed by atoms with Crippen LogP contribution in [0.4, 0.5) is 10.1 Å². The number of nitrogens with zero attached hydrogens (tertiary/aromatic N) is 1. The normalized spacial score (nSPS) is 28.0. The number of ether oxygens (including phenoxy) is 2. The van der Waals surface area contributed by atoms with Crippen molar-refractivity contribution in [3.8, 4) is 0 Å². The van der Waals surface area contributed by atoms with Gasteiger partial charge in [-0.2, -0.15) is 0 Å². The van der Waals surface area contributed by atoms with Crippen molar-refractivity contribution in [2.75, 3.05) is 25.3 Å². The van der Waals surface area contributed by atoms with Crippen LogP contribution in [0.3, 0.4) is 0 Å². The van der Waals surface area contributed by atoms with Gasteiger partial charge in [-0.05, 0) is 75.4 Å². The molecule has 5 heteroatoms. The van der Waals surface area contributed by atoms with Crippen LogP contribution in [0.2, 0.25) is 0 Å². The summed E-state index contributed by atoms with van der Waals surface area (Å²) in [5.74, 6) is 6.14. The van der Waals surface area contributed by atoms with E-state index in [1.807, 2.05) is 0 Å². The summed E-state index contributed by atoms with van der Waals surface area (Å²) in [5.41, 5.74) is 4.09. The van der Waals surface area contributed by atoms with E-state index in [1.54, 1.807) is 24.3 Å². The number of hydrazine groups is 1. The molecule has 1 fully saturated rings. The number of anilines is 1. The number of nitrogens with two attached hydrogens (primary N) is 1. The number of hydrogen-bond acceptors (Lipinski definition) is 4. The minimum atomic E-state index is -0.260. The van der Waals surface area contributed by atoms with Crippen LogP contribution in [-0.4, -0.2) is 25.9 Å². The lowest BCUT2D eigenvalue weighted by atomic mass is 9.57. The molecule has 2 aliphatic carbocycles. The van der Waals surface area contributed by atoms with Gasteiger partial charge in [0.05, 0.1) is 30.2 Å². The highest BCUT2D eigenvalue weighted by Gasteiger charge is 2.51. The van der Waals surface area contributed by atoms with Crippen LogP contribution < -0.4 is 10.9 Å². The monoisotopic (exact) mass is 374 g/mol. The van der Waals surface area contributed by atoms with Gasteiger partial charge in [0, 0.05) is 12.5 Å². The van der Waals surface area contributed by atoms with Gasteiger partial charge >= 0.3 is 0 Å². The Hall–Kier alpha value is -1.69. The van der Waals surface area contributed by atoms with E-state index in [2.05, 4.69) is 26.8 Å². The summed E-state index contributed by atoms with van der Waals surface area (Å²) >= 11 is 0. The SMILES string of the molecule is COCCOC1(C)CCCC2=CC(N(N)c3ccc(F)cc3)=C(C)C[C@@]21C. The summed E-state index contributed by atoms with van der Waals surface area (Å²) in [6.45, 7) is 7.87. The van der Waals surface area contributed by atoms with Gasteiger partial charge in [-0.1, -0.05) is 12.5 Å². The third-order valence-electron chi connectivity index (χ3n) is 6.42. The third kappa shape index (κ3) is 3.68. The van der Waals surface area contributed by atoms with Crippen LogP contribution >= 0.6 is 0 Å². The van der Waals surface area contributed by atoms with Crippen molar-refractivity contribution >= 4 is 5.69 Å². The van der Waals surface area contributed by atoms with E-state index in [0.29, 0.717) is 13.2 Å². The average molecular weight is 375 g/mol. The second-order valence-corrected chi connectivity index (χ2v) is 8.12.